The Morgan fingerprint density at radius 3 is 3.12 bits per heavy atom. The normalized spacial score (nSPS) is 27.5. The summed E-state index contributed by atoms with van der Waals surface area (Å²) in [6.07, 6.45) is 7.26. The number of H-pyrrole nitrogens is 1. The minimum Gasteiger partial charge on any atom is -0.531 e. The van der Waals surface area contributed by atoms with Gasteiger partial charge in [0.25, 0.3) is 0 Å². The van der Waals surface area contributed by atoms with E-state index in [1.165, 1.54) is 0 Å². The van der Waals surface area contributed by atoms with Gasteiger partial charge in [-0.3, -0.25) is 4.79 Å². The summed E-state index contributed by atoms with van der Waals surface area (Å²) in [7, 11) is -0.952. The molecule has 134 valence electrons. The van der Waals surface area contributed by atoms with Crippen LogP contribution in [0.15, 0.2) is 24.4 Å². The average Bonchev–Trinajstić information content (AvgIpc) is 3.27. The Bertz CT molecular complexity index is 884. The van der Waals surface area contributed by atoms with Crippen LogP contribution in [0.1, 0.15) is 31.2 Å². The molecule has 1 amide bonds. The number of rotatable bonds is 3. The second-order valence-corrected chi connectivity index (χ2v) is 7.39. The second kappa shape index (κ2) is 6.14. The average molecular weight is 352 g/mol. The van der Waals surface area contributed by atoms with Gasteiger partial charge in [-0.1, -0.05) is 0 Å². The number of aromatic nitrogens is 2. The Labute approximate surface area is 151 Å². The summed E-state index contributed by atoms with van der Waals surface area (Å²) in [4.78, 5) is 19.7. The van der Waals surface area contributed by atoms with Gasteiger partial charge < -0.3 is 25.3 Å². The highest BCUT2D eigenvalue weighted by molar-refractivity contribution is 6.52. The maximum Gasteiger partial charge on any atom is 0.552 e. The highest BCUT2D eigenvalue weighted by atomic mass is 16.5. The summed E-state index contributed by atoms with van der Waals surface area (Å²) in [6, 6.07) is 2.15. The molecule has 0 spiro atoms. The molecule has 0 unspecified atom stereocenters. The second-order valence-electron chi connectivity index (χ2n) is 7.39. The lowest BCUT2D eigenvalue weighted by Gasteiger charge is -2.39. The zero-order valence-electron chi connectivity index (χ0n) is 14.4. The standard InChI is InChI=1S/C18H21BN4O3/c24-18(14-2-1-4-20-14)23-11-6-10(7-11)13-8-19(25)26-15-9-22-17-12(16(13)15)3-5-21-17/h3,5,8-11,14,20,25H,1-2,4,6-7H2,(H,21,22)(H,23,24)/t10?,11?,14-/m1/s1. The van der Waals surface area contributed by atoms with Crippen molar-refractivity contribution in [3.63, 3.8) is 0 Å². The van der Waals surface area contributed by atoms with Gasteiger partial charge in [0.2, 0.25) is 5.91 Å². The van der Waals surface area contributed by atoms with Crippen molar-refractivity contribution in [1.82, 2.24) is 20.6 Å². The number of fused-ring (bicyclic) bond motifs is 3. The van der Waals surface area contributed by atoms with E-state index in [1.807, 2.05) is 12.3 Å². The van der Waals surface area contributed by atoms with Crippen molar-refractivity contribution >= 4 is 29.6 Å². The highest BCUT2D eigenvalue weighted by Gasteiger charge is 2.38. The first-order valence-electron chi connectivity index (χ1n) is 9.25. The molecule has 2 aromatic heterocycles. The Balaban J connectivity index is 1.34. The summed E-state index contributed by atoms with van der Waals surface area (Å²) in [5.41, 5.74) is 2.91. The van der Waals surface area contributed by atoms with Gasteiger partial charge in [0.05, 0.1) is 12.2 Å². The van der Waals surface area contributed by atoms with Crippen molar-refractivity contribution < 1.29 is 14.5 Å². The van der Waals surface area contributed by atoms with Crippen LogP contribution in [0.4, 0.5) is 0 Å². The van der Waals surface area contributed by atoms with Gasteiger partial charge in [-0.15, -0.1) is 0 Å². The summed E-state index contributed by atoms with van der Waals surface area (Å²) < 4.78 is 5.54. The van der Waals surface area contributed by atoms with Gasteiger partial charge >= 0.3 is 7.12 Å². The number of amides is 1. The van der Waals surface area contributed by atoms with Crippen LogP contribution in [0.25, 0.3) is 16.6 Å². The van der Waals surface area contributed by atoms with Gasteiger partial charge in [-0.05, 0) is 55.8 Å². The molecule has 4 N–H and O–H groups in total. The van der Waals surface area contributed by atoms with Crippen LogP contribution in [-0.2, 0) is 4.79 Å². The predicted molar refractivity (Wildman–Crippen MR) is 98.4 cm³/mol. The maximum absolute atomic E-state index is 12.3. The van der Waals surface area contributed by atoms with Crippen molar-refractivity contribution in [2.75, 3.05) is 6.54 Å². The van der Waals surface area contributed by atoms with Crippen molar-refractivity contribution in [2.45, 2.75) is 37.8 Å². The molecule has 7 nitrogen and oxygen atoms in total. The number of nitrogens with one attached hydrogen (secondary N) is 3. The van der Waals surface area contributed by atoms with Gasteiger partial charge in [0.15, 0.2) is 0 Å². The molecule has 1 aliphatic carbocycles. The molecular formula is C18H21BN4O3. The van der Waals surface area contributed by atoms with Crippen LogP contribution in [0.5, 0.6) is 5.75 Å². The molecule has 4 heterocycles. The molecular weight excluding hydrogens is 331 g/mol. The molecule has 8 heteroatoms. The summed E-state index contributed by atoms with van der Waals surface area (Å²) >= 11 is 0. The van der Waals surface area contributed by atoms with Crippen molar-refractivity contribution in [3.05, 3.63) is 30.0 Å². The number of hydrogen-bond acceptors (Lipinski definition) is 5. The molecule has 2 aliphatic heterocycles. The first-order chi connectivity index (χ1) is 12.7. The fraction of sp³-hybridized carbons (Fsp3) is 0.444. The van der Waals surface area contributed by atoms with Crippen LogP contribution in [-0.4, -0.2) is 46.6 Å². The van der Waals surface area contributed by atoms with Crippen LogP contribution < -0.4 is 15.3 Å². The van der Waals surface area contributed by atoms with E-state index in [2.05, 4.69) is 20.6 Å². The lowest BCUT2D eigenvalue weighted by atomic mass is 9.68. The Hall–Kier alpha value is -2.32. The topological polar surface area (TPSA) is 99.3 Å². The Morgan fingerprint density at radius 2 is 2.31 bits per heavy atom. The molecule has 2 aromatic rings. The minimum absolute atomic E-state index is 0.0375. The summed E-state index contributed by atoms with van der Waals surface area (Å²) in [5.74, 6) is 2.82. The zero-order chi connectivity index (χ0) is 17.7. The van der Waals surface area contributed by atoms with Crippen LogP contribution in [0, 0.1) is 5.92 Å². The smallest absolute Gasteiger partial charge is 0.531 e. The number of allylic oxidation sites excluding steroid dienone is 1. The van der Waals surface area contributed by atoms with Crippen molar-refractivity contribution in [2.24, 2.45) is 5.92 Å². The number of pyridine rings is 1. The molecule has 3 aliphatic rings. The SMILES string of the molecule is O=C(NC1CC(C2=CB(O)Oc3cnc4[nH]ccc4c32)C1)[C@H]1CCCN1. The summed E-state index contributed by atoms with van der Waals surface area (Å²) in [5, 5.41) is 17.5. The number of carbonyl (C=O) groups excluding carboxylic acids is 1. The molecule has 1 saturated carbocycles. The first-order valence-corrected chi connectivity index (χ1v) is 9.25. The Kier molecular flexibility index (Phi) is 3.75. The monoisotopic (exact) mass is 352 g/mol. The highest BCUT2D eigenvalue weighted by Crippen LogP contribution is 2.45. The van der Waals surface area contributed by atoms with Crippen LogP contribution in [0.2, 0.25) is 0 Å². The van der Waals surface area contributed by atoms with E-state index in [-0.39, 0.29) is 18.0 Å². The third-order valence-electron chi connectivity index (χ3n) is 5.71. The third kappa shape index (κ3) is 2.60. The van der Waals surface area contributed by atoms with E-state index in [1.54, 1.807) is 12.2 Å². The van der Waals surface area contributed by atoms with E-state index in [4.69, 9.17) is 4.65 Å². The van der Waals surface area contributed by atoms with E-state index < -0.39 is 7.12 Å². The van der Waals surface area contributed by atoms with Gasteiger partial charge in [0.1, 0.15) is 11.4 Å². The molecule has 1 atom stereocenters. The van der Waals surface area contributed by atoms with Crippen LogP contribution >= 0.6 is 0 Å². The van der Waals surface area contributed by atoms with Crippen molar-refractivity contribution in [1.29, 1.82) is 0 Å². The third-order valence-corrected chi connectivity index (χ3v) is 5.71. The minimum atomic E-state index is -0.952. The Morgan fingerprint density at radius 1 is 1.42 bits per heavy atom. The number of hydrogen-bond donors (Lipinski definition) is 4. The lowest BCUT2D eigenvalue weighted by molar-refractivity contribution is -0.124. The van der Waals surface area contributed by atoms with Crippen molar-refractivity contribution in [3.8, 4) is 5.75 Å². The van der Waals surface area contributed by atoms with Gasteiger partial charge in [-0.2, -0.15) is 0 Å². The molecule has 0 radical (unpaired) electrons. The largest absolute Gasteiger partial charge is 0.552 e. The zero-order valence-corrected chi connectivity index (χ0v) is 14.4. The predicted octanol–water partition coefficient (Wildman–Crippen LogP) is 1.01. The molecule has 0 bridgehead atoms. The van der Waals surface area contributed by atoms with E-state index in [0.29, 0.717) is 11.7 Å². The summed E-state index contributed by atoms with van der Waals surface area (Å²) in [6.45, 7) is 0.924. The van der Waals surface area contributed by atoms with Gasteiger partial charge in [0, 0.05) is 23.2 Å². The molecule has 1 saturated heterocycles. The number of carbonyl (C=O) groups is 1. The number of aromatic amines is 1. The fourth-order valence-electron chi connectivity index (χ4n) is 4.32. The first kappa shape index (κ1) is 15.9. The molecule has 5 rings (SSSR count). The van der Waals surface area contributed by atoms with Crippen LogP contribution in [0.3, 0.4) is 0 Å². The van der Waals surface area contributed by atoms with E-state index in [9.17, 15) is 9.82 Å². The molecule has 0 aromatic carbocycles. The molecule has 26 heavy (non-hydrogen) atoms. The molecule has 2 fully saturated rings. The van der Waals surface area contributed by atoms with Gasteiger partial charge in [-0.25, -0.2) is 4.98 Å². The quantitative estimate of drug-likeness (QED) is 0.618. The van der Waals surface area contributed by atoms with E-state index in [0.717, 1.165) is 54.4 Å². The maximum atomic E-state index is 12.3. The number of nitrogens with zero attached hydrogens (tertiary/aromatic N) is 1. The fourth-order valence-corrected chi connectivity index (χ4v) is 4.32. The van der Waals surface area contributed by atoms with E-state index >= 15 is 0 Å². The lowest BCUT2D eigenvalue weighted by Crippen LogP contribution is -2.50.